The van der Waals surface area contributed by atoms with Crippen LogP contribution in [0, 0.1) is 13.8 Å². The van der Waals surface area contributed by atoms with E-state index in [0.717, 1.165) is 22.6 Å². The van der Waals surface area contributed by atoms with E-state index in [1.54, 1.807) is 13.2 Å². The Balaban J connectivity index is 2.02. The summed E-state index contributed by atoms with van der Waals surface area (Å²) < 4.78 is 5.24. The number of aromatic amines is 1. The molecule has 0 fully saturated rings. The van der Waals surface area contributed by atoms with Gasteiger partial charge in [-0.2, -0.15) is 5.10 Å². The average molecular weight is 259 g/mol. The summed E-state index contributed by atoms with van der Waals surface area (Å²) in [6, 6.07) is 7.53. The van der Waals surface area contributed by atoms with Crippen LogP contribution in [0.3, 0.4) is 0 Å². The highest BCUT2D eigenvalue weighted by molar-refractivity contribution is 5.91. The number of nitrogens with one attached hydrogen (secondary N) is 2. The normalized spacial score (nSPS) is 10.3. The molecule has 0 spiro atoms. The zero-order valence-electron chi connectivity index (χ0n) is 11.3. The third-order valence-corrected chi connectivity index (χ3v) is 2.81. The quantitative estimate of drug-likeness (QED) is 0.884. The lowest BCUT2D eigenvalue weighted by Crippen LogP contribution is -2.14. The van der Waals surface area contributed by atoms with Crippen LogP contribution in [0.15, 0.2) is 24.3 Å². The van der Waals surface area contributed by atoms with Gasteiger partial charge in [0.15, 0.2) is 5.82 Å². The van der Waals surface area contributed by atoms with Gasteiger partial charge in [0.05, 0.1) is 13.5 Å². The maximum Gasteiger partial charge on any atom is 0.229 e. The number of hydrogen-bond donors (Lipinski definition) is 2. The molecule has 0 saturated heterocycles. The van der Waals surface area contributed by atoms with Gasteiger partial charge in [-0.15, -0.1) is 0 Å². The van der Waals surface area contributed by atoms with E-state index in [-0.39, 0.29) is 5.91 Å². The fraction of sp³-hybridized carbons (Fsp3) is 0.286. The van der Waals surface area contributed by atoms with Crippen LogP contribution in [0.1, 0.15) is 16.8 Å². The Morgan fingerprint density at radius 3 is 2.79 bits per heavy atom. The zero-order valence-corrected chi connectivity index (χ0v) is 11.3. The molecule has 0 radical (unpaired) electrons. The highest BCUT2D eigenvalue weighted by atomic mass is 16.5. The highest BCUT2D eigenvalue weighted by Crippen LogP contribution is 2.19. The largest absolute Gasteiger partial charge is 0.496 e. The Kier molecular flexibility index (Phi) is 3.85. The Morgan fingerprint density at radius 2 is 2.16 bits per heavy atom. The number of H-pyrrole nitrogens is 1. The number of nitrogens with zero attached hydrogens (tertiary/aromatic N) is 1. The monoisotopic (exact) mass is 259 g/mol. The van der Waals surface area contributed by atoms with E-state index in [1.807, 2.05) is 32.0 Å². The summed E-state index contributed by atoms with van der Waals surface area (Å²) in [6.45, 7) is 3.85. The third kappa shape index (κ3) is 3.34. The van der Waals surface area contributed by atoms with Crippen molar-refractivity contribution in [1.29, 1.82) is 0 Å². The minimum atomic E-state index is -0.0996. The van der Waals surface area contributed by atoms with Crippen molar-refractivity contribution in [2.24, 2.45) is 0 Å². The molecule has 0 unspecified atom stereocenters. The van der Waals surface area contributed by atoms with E-state index in [1.165, 1.54) is 0 Å². The predicted octanol–water partition coefficient (Wildman–Crippen LogP) is 2.22. The third-order valence-electron chi connectivity index (χ3n) is 2.81. The molecule has 0 saturated carbocycles. The van der Waals surface area contributed by atoms with Crippen molar-refractivity contribution in [2.75, 3.05) is 12.4 Å². The molecule has 5 nitrogen and oxygen atoms in total. The first-order valence-electron chi connectivity index (χ1n) is 6.04. The standard InChI is InChI=1S/C14H17N3O2/c1-9-4-5-11(7-12(9)19-3)8-14(18)15-13-6-10(2)16-17-13/h4-7H,8H2,1-3H3,(H2,15,16,17,18). The van der Waals surface area contributed by atoms with Gasteiger partial charge in [-0.3, -0.25) is 9.89 Å². The fourth-order valence-corrected chi connectivity index (χ4v) is 1.83. The van der Waals surface area contributed by atoms with Gasteiger partial charge in [-0.1, -0.05) is 12.1 Å². The van der Waals surface area contributed by atoms with Gasteiger partial charge in [0.25, 0.3) is 0 Å². The minimum absolute atomic E-state index is 0.0996. The van der Waals surface area contributed by atoms with Crippen molar-refractivity contribution in [3.8, 4) is 5.75 Å². The summed E-state index contributed by atoms with van der Waals surface area (Å²) in [5.41, 5.74) is 2.87. The number of benzene rings is 1. The molecule has 1 heterocycles. The molecule has 1 aromatic carbocycles. The molecule has 2 N–H and O–H groups in total. The molecule has 1 amide bonds. The van der Waals surface area contributed by atoms with E-state index >= 15 is 0 Å². The van der Waals surface area contributed by atoms with E-state index in [2.05, 4.69) is 15.5 Å². The molecule has 2 rings (SSSR count). The Hall–Kier alpha value is -2.30. The number of ether oxygens (including phenoxy) is 1. The Bertz CT molecular complexity index is 590. The number of amides is 1. The first-order chi connectivity index (χ1) is 9.08. The lowest BCUT2D eigenvalue weighted by atomic mass is 10.1. The van der Waals surface area contributed by atoms with E-state index in [9.17, 15) is 4.79 Å². The lowest BCUT2D eigenvalue weighted by molar-refractivity contribution is -0.115. The van der Waals surface area contributed by atoms with Crippen LogP contribution in [0.25, 0.3) is 0 Å². The average Bonchev–Trinajstić information content (AvgIpc) is 2.77. The molecule has 0 aliphatic carbocycles. The van der Waals surface area contributed by atoms with Gasteiger partial charge in [0.2, 0.25) is 5.91 Å². The smallest absolute Gasteiger partial charge is 0.229 e. The van der Waals surface area contributed by atoms with Crippen LogP contribution < -0.4 is 10.1 Å². The van der Waals surface area contributed by atoms with Gasteiger partial charge in [-0.05, 0) is 31.0 Å². The van der Waals surface area contributed by atoms with E-state index < -0.39 is 0 Å². The molecule has 100 valence electrons. The van der Waals surface area contributed by atoms with Crippen molar-refractivity contribution in [3.05, 3.63) is 41.1 Å². The molecule has 0 aliphatic rings. The van der Waals surface area contributed by atoms with Crippen LogP contribution in [0.4, 0.5) is 5.82 Å². The van der Waals surface area contributed by atoms with Crippen molar-refractivity contribution < 1.29 is 9.53 Å². The van der Waals surface area contributed by atoms with E-state index in [0.29, 0.717) is 12.2 Å². The minimum Gasteiger partial charge on any atom is -0.496 e. The Morgan fingerprint density at radius 1 is 1.37 bits per heavy atom. The zero-order chi connectivity index (χ0) is 13.8. The summed E-state index contributed by atoms with van der Waals surface area (Å²) in [6.07, 6.45) is 0.294. The lowest BCUT2D eigenvalue weighted by Gasteiger charge is -2.07. The second-order valence-electron chi connectivity index (χ2n) is 4.47. The van der Waals surface area contributed by atoms with E-state index in [4.69, 9.17) is 4.74 Å². The first-order valence-corrected chi connectivity index (χ1v) is 6.04. The van der Waals surface area contributed by atoms with Crippen LogP contribution >= 0.6 is 0 Å². The molecule has 0 bridgehead atoms. The summed E-state index contributed by atoms with van der Waals surface area (Å²) >= 11 is 0. The van der Waals surface area contributed by atoms with Crippen molar-refractivity contribution in [1.82, 2.24) is 10.2 Å². The topological polar surface area (TPSA) is 67.0 Å². The number of carbonyl (C=O) groups is 1. The molecular weight excluding hydrogens is 242 g/mol. The predicted molar refractivity (Wildman–Crippen MR) is 73.4 cm³/mol. The van der Waals surface area contributed by atoms with Crippen LogP contribution in [0.5, 0.6) is 5.75 Å². The summed E-state index contributed by atoms with van der Waals surface area (Å²) in [7, 11) is 1.62. The Labute approximate surface area is 112 Å². The summed E-state index contributed by atoms with van der Waals surface area (Å²) in [5, 5.41) is 9.48. The number of aryl methyl sites for hydroxylation is 2. The number of rotatable bonds is 4. The van der Waals surface area contributed by atoms with Gasteiger partial charge in [0, 0.05) is 11.8 Å². The van der Waals surface area contributed by atoms with Crippen LogP contribution in [0.2, 0.25) is 0 Å². The van der Waals surface area contributed by atoms with Crippen molar-refractivity contribution in [3.63, 3.8) is 0 Å². The highest BCUT2D eigenvalue weighted by Gasteiger charge is 2.08. The summed E-state index contributed by atoms with van der Waals surface area (Å²) in [5.74, 6) is 1.24. The molecule has 5 heteroatoms. The molecule has 1 aromatic heterocycles. The number of carbonyl (C=O) groups excluding carboxylic acids is 1. The molecule has 2 aromatic rings. The molecular formula is C14H17N3O2. The molecule has 0 atom stereocenters. The van der Waals surface area contributed by atoms with Gasteiger partial charge >= 0.3 is 0 Å². The molecule has 19 heavy (non-hydrogen) atoms. The second kappa shape index (κ2) is 5.56. The van der Waals surface area contributed by atoms with Gasteiger partial charge in [-0.25, -0.2) is 0 Å². The van der Waals surface area contributed by atoms with Crippen LogP contribution in [-0.2, 0) is 11.2 Å². The van der Waals surface area contributed by atoms with Gasteiger partial charge < -0.3 is 10.1 Å². The second-order valence-corrected chi connectivity index (χ2v) is 4.47. The maximum absolute atomic E-state index is 11.9. The van der Waals surface area contributed by atoms with Crippen molar-refractivity contribution in [2.45, 2.75) is 20.3 Å². The van der Waals surface area contributed by atoms with Crippen molar-refractivity contribution >= 4 is 11.7 Å². The first kappa shape index (κ1) is 13.1. The summed E-state index contributed by atoms with van der Waals surface area (Å²) in [4.78, 5) is 11.9. The number of methoxy groups -OCH3 is 1. The maximum atomic E-state index is 11.9. The number of aromatic nitrogens is 2. The van der Waals surface area contributed by atoms with Gasteiger partial charge in [0.1, 0.15) is 5.75 Å². The SMILES string of the molecule is COc1cc(CC(=O)Nc2cc(C)[nH]n2)ccc1C. The number of hydrogen-bond acceptors (Lipinski definition) is 3. The number of anilines is 1. The fourth-order valence-electron chi connectivity index (χ4n) is 1.83. The molecule has 0 aliphatic heterocycles. The van der Waals surface area contributed by atoms with Crippen LogP contribution in [-0.4, -0.2) is 23.2 Å².